The van der Waals surface area contributed by atoms with Crippen LogP contribution in [-0.2, 0) is 17.9 Å². The highest BCUT2D eigenvalue weighted by atomic mass is 16.5. The van der Waals surface area contributed by atoms with Crippen molar-refractivity contribution in [3.05, 3.63) is 78.2 Å². The largest absolute Gasteiger partial charge is 0.495 e. The number of piperidine rings is 1. The molecule has 0 spiro atoms. The molecule has 5 rings (SSSR count). The molecule has 3 aromatic rings. The summed E-state index contributed by atoms with van der Waals surface area (Å²) >= 11 is 0. The molecule has 0 aliphatic carbocycles. The number of methoxy groups -OCH3 is 1. The third-order valence-corrected chi connectivity index (χ3v) is 8.28. The molecule has 2 aromatic carbocycles. The first-order valence-electron chi connectivity index (χ1n) is 14.1. The highest BCUT2D eigenvalue weighted by Crippen LogP contribution is 2.32. The van der Waals surface area contributed by atoms with Crippen molar-refractivity contribution in [2.24, 2.45) is 5.92 Å². The van der Waals surface area contributed by atoms with Crippen molar-refractivity contribution < 1.29 is 14.1 Å². The van der Waals surface area contributed by atoms with E-state index in [-0.39, 0.29) is 5.91 Å². The topological polar surface area (TPSA) is 65.3 Å². The summed E-state index contributed by atoms with van der Waals surface area (Å²) < 4.78 is 10.6. The van der Waals surface area contributed by atoms with E-state index in [9.17, 15) is 4.79 Å². The van der Waals surface area contributed by atoms with Crippen LogP contribution in [-0.4, -0.2) is 85.2 Å². The molecular formula is C31H41N5O3. The number of ether oxygens (including phenoxy) is 1. The maximum absolute atomic E-state index is 13.0. The van der Waals surface area contributed by atoms with Gasteiger partial charge in [0.1, 0.15) is 17.7 Å². The van der Waals surface area contributed by atoms with Gasteiger partial charge in [-0.1, -0.05) is 47.6 Å². The van der Waals surface area contributed by atoms with Crippen LogP contribution in [0.25, 0.3) is 0 Å². The molecule has 0 saturated carbocycles. The van der Waals surface area contributed by atoms with E-state index in [0.29, 0.717) is 24.9 Å². The number of carbonyl (C=O) groups is 1. The Bertz CT molecular complexity index is 1160. The predicted molar refractivity (Wildman–Crippen MR) is 153 cm³/mol. The van der Waals surface area contributed by atoms with Crippen molar-refractivity contribution in [2.75, 3.05) is 58.3 Å². The first-order chi connectivity index (χ1) is 19.1. The monoisotopic (exact) mass is 531 g/mol. The standard InChI is InChI=1S/C31H41N5O3/c1-33(24-27-15-21-39-32-27)31(37)13-12-26-23-34(22-25-8-4-3-5-9-25)16-14-28(26)35-17-19-36(20-18-35)29-10-6-7-11-30(29)38-2/h3-11,15,21,26,28H,12-14,16-20,22-24H2,1-2H3/t26-,28+/m0/s1. The van der Waals surface area contributed by atoms with Crippen LogP contribution in [0.3, 0.4) is 0 Å². The van der Waals surface area contributed by atoms with Crippen molar-refractivity contribution in [1.82, 2.24) is 19.9 Å². The van der Waals surface area contributed by atoms with Gasteiger partial charge in [-0.05, 0) is 43.0 Å². The first kappa shape index (κ1) is 27.2. The zero-order chi connectivity index (χ0) is 27.0. The number of benzene rings is 2. The number of carbonyl (C=O) groups excluding carboxylic acids is 1. The smallest absolute Gasteiger partial charge is 0.222 e. The lowest BCUT2D eigenvalue weighted by Crippen LogP contribution is -2.56. The van der Waals surface area contributed by atoms with Gasteiger partial charge in [0.2, 0.25) is 5.91 Å². The Labute approximate surface area is 232 Å². The Kier molecular flexibility index (Phi) is 9.16. The number of nitrogens with zero attached hydrogens (tertiary/aromatic N) is 5. The van der Waals surface area contributed by atoms with Crippen molar-refractivity contribution in [3.63, 3.8) is 0 Å². The maximum Gasteiger partial charge on any atom is 0.222 e. The second kappa shape index (κ2) is 13.1. The quantitative estimate of drug-likeness (QED) is 0.390. The normalized spacial score (nSPS) is 20.6. The first-order valence-corrected chi connectivity index (χ1v) is 14.1. The van der Waals surface area contributed by atoms with Gasteiger partial charge in [0, 0.05) is 64.8 Å². The zero-order valence-corrected chi connectivity index (χ0v) is 23.2. The molecule has 1 aromatic heterocycles. The number of hydrogen-bond donors (Lipinski definition) is 0. The summed E-state index contributed by atoms with van der Waals surface area (Å²) in [5.74, 6) is 1.55. The fourth-order valence-electron chi connectivity index (χ4n) is 6.18. The molecule has 0 radical (unpaired) electrons. The van der Waals surface area contributed by atoms with Crippen molar-refractivity contribution in [1.29, 1.82) is 0 Å². The maximum atomic E-state index is 13.0. The van der Waals surface area contributed by atoms with Crippen LogP contribution < -0.4 is 9.64 Å². The lowest BCUT2D eigenvalue weighted by molar-refractivity contribution is -0.131. The van der Waals surface area contributed by atoms with E-state index in [4.69, 9.17) is 9.26 Å². The molecule has 1 amide bonds. The van der Waals surface area contributed by atoms with E-state index < -0.39 is 0 Å². The number of piperazine rings is 1. The summed E-state index contributed by atoms with van der Waals surface area (Å²) in [6.07, 6.45) is 4.13. The molecular weight excluding hydrogens is 490 g/mol. The SMILES string of the molecule is COc1ccccc1N1CCN([C@@H]2CCN(Cc3ccccc3)C[C@@H]2CCC(=O)N(C)Cc2ccon2)CC1. The van der Waals surface area contributed by atoms with Gasteiger partial charge in [-0.15, -0.1) is 0 Å². The zero-order valence-electron chi connectivity index (χ0n) is 23.2. The molecule has 0 unspecified atom stereocenters. The third-order valence-electron chi connectivity index (χ3n) is 8.28. The highest BCUT2D eigenvalue weighted by Gasteiger charge is 2.35. The Morgan fingerprint density at radius 3 is 2.54 bits per heavy atom. The summed E-state index contributed by atoms with van der Waals surface area (Å²) in [5.41, 5.74) is 3.31. The van der Waals surface area contributed by atoms with Crippen LogP contribution in [0, 0.1) is 5.92 Å². The van der Waals surface area contributed by atoms with Gasteiger partial charge < -0.3 is 19.1 Å². The molecule has 8 heteroatoms. The molecule has 2 fully saturated rings. The van der Waals surface area contributed by atoms with E-state index in [1.165, 1.54) is 11.3 Å². The number of rotatable bonds is 10. The Morgan fingerprint density at radius 1 is 1.03 bits per heavy atom. The molecule has 2 atom stereocenters. The Hall–Kier alpha value is -3.36. The minimum Gasteiger partial charge on any atom is -0.495 e. The van der Waals surface area contributed by atoms with Crippen molar-refractivity contribution in [2.45, 2.75) is 38.4 Å². The van der Waals surface area contributed by atoms with E-state index in [0.717, 1.165) is 70.1 Å². The van der Waals surface area contributed by atoms with Crippen molar-refractivity contribution in [3.8, 4) is 5.75 Å². The number of amides is 1. The molecule has 8 nitrogen and oxygen atoms in total. The molecule has 0 N–H and O–H groups in total. The van der Waals surface area contributed by atoms with Gasteiger partial charge in [0.25, 0.3) is 0 Å². The number of para-hydroxylation sites is 2. The number of anilines is 1. The average molecular weight is 532 g/mol. The lowest BCUT2D eigenvalue weighted by atomic mass is 9.86. The summed E-state index contributed by atoms with van der Waals surface area (Å²) in [6, 6.07) is 21.3. The van der Waals surface area contributed by atoms with Gasteiger partial charge >= 0.3 is 0 Å². The minimum atomic E-state index is 0.165. The fourth-order valence-corrected chi connectivity index (χ4v) is 6.18. The highest BCUT2D eigenvalue weighted by molar-refractivity contribution is 5.75. The minimum absolute atomic E-state index is 0.165. The Balaban J connectivity index is 1.22. The van der Waals surface area contributed by atoms with Crippen LogP contribution in [0.15, 0.2) is 71.4 Å². The summed E-state index contributed by atoms with van der Waals surface area (Å²) in [5, 5.41) is 3.96. The van der Waals surface area contributed by atoms with E-state index >= 15 is 0 Å². The van der Waals surface area contributed by atoms with Crippen LogP contribution >= 0.6 is 0 Å². The average Bonchev–Trinajstić information content (AvgIpc) is 3.49. The Morgan fingerprint density at radius 2 is 1.79 bits per heavy atom. The summed E-state index contributed by atoms with van der Waals surface area (Å²) in [4.78, 5) is 22.5. The molecule has 3 heterocycles. The molecule has 2 aliphatic heterocycles. The van der Waals surface area contributed by atoms with Gasteiger partial charge in [-0.2, -0.15) is 0 Å². The van der Waals surface area contributed by atoms with Crippen molar-refractivity contribution >= 4 is 11.6 Å². The molecule has 0 bridgehead atoms. The van der Waals surface area contributed by atoms with Gasteiger partial charge in [0.15, 0.2) is 0 Å². The number of likely N-dealkylation sites (tertiary alicyclic amines) is 1. The van der Waals surface area contributed by atoms with Gasteiger partial charge in [-0.3, -0.25) is 14.6 Å². The van der Waals surface area contributed by atoms with Crippen LogP contribution in [0.2, 0.25) is 0 Å². The van der Waals surface area contributed by atoms with Crippen LogP contribution in [0.4, 0.5) is 5.69 Å². The predicted octanol–water partition coefficient (Wildman–Crippen LogP) is 4.13. The molecule has 39 heavy (non-hydrogen) atoms. The van der Waals surface area contributed by atoms with E-state index in [1.54, 1.807) is 18.3 Å². The molecule has 2 aliphatic rings. The van der Waals surface area contributed by atoms with Gasteiger partial charge in [0.05, 0.1) is 19.3 Å². The fraction of sp³-hybridized carbons (Fsp3) is 0.484. The number of hydrogen-bond acceptors (Lipinski definition) is 7. The van der Waals surface area contributed by atoms with Gasteiger partial charge in [-0.25, -0.2) is 0 Å². The summed E-state index contributed by atoms with van der Waals surface area (Å²) in [7, 11) is 3.60. The van der Waals surface area contributed by atoms with E-state index in [2.05, 4.69) is 62.3 Å². The van der Waals surface area contributed by atoms with Crippen LogP contribution in [0.1, 0.15) is 30.5 Å². The van der Waals surface area contributed by atoms with Crippen LogP contribution in [0.5, 0.6) is 5.75 Å². The molecule has 208 valence electrons. The second-order valence-electron chi connectivity index (χ2n) is 10.8. The summed E-state index contributed by atoms with van der Waals surface area (Å²) in [6.45, 7) is 7.57. The lowest BCUT2D eigenvalue weighted by Gasteiger charge is -2.47. The molecule has 2 saturated heterocycles. The second-order valence-corrected chi connectivity index (χ2v) is 10.8. The third kappa shape index (κ3) is 6.99. The number of aromatic nitrogens is 1. The van der Waals surface area contributed by atoms with E-state index in [1.807, 2.05) is 25.2 Å².